The Kier molecular flexibility index (Phi) is 7.37. The molecule has 0 amide bonds. The van der Waals surface area contributed by atoms with Crippen molar-refractivity contribution in [2.75, 3.05) is 0 Å². The molecule has 0 unspecified atom stereocenters. The quantitative estimate of drug-likeness (QED) is 0.179. The summed E-state index contributed by atoms with van der Waals surface area (Å²) in [6.07, 6.45) is 0. The molecule has 254 valence electrons. The highest BCUT2D eigenvalue weighted by Crippen LogP contribution is 2.50. The summed E-state index contributed by atoms with van der Waals surface area (Å²) in [4.78, 5) is 0. The molecule has 1 aliphatic rings. The molecule has 0 N–H and O–H groups in total. The van der Waals surface area contributed by atoms with Crippen molar-refractivity contribution >= 4 is 65.6 Å². The monoisotopic (exact) mass is 674 g/mol. The zero-order valence-corrected chi connectivity index (χ0v) is 30.7. The first-order valence-electron chi connectivity index (χ1n) is 18.7. The third kappa shape index (κ3) is 4.26. The van der Waals surface area contributed by atoms with E-state index in [0.717, 1.165) is 49.4 Å². The molecular weight excluding hydrogens is 633 g/mol. The zero-order chi connectivity index (χ0) is 35.7. The molecule has 11 rings (SSSR count). The second kappa shape index (κ2) is 12.0. The maximum absolute atomic E-state index is 7.12. The molecule has 3 heterocycles. The number of benzene rings is 7. The Morgan fingerprint density at radius 2 is 0.904 bits per heavy atom. The predicted octanol–water partition coefficient (Wildman–Crippen LogP) is 14.1. The van der Waals surface area contributed by atoms with E-state index >= 15 is 0 Å². The van der Waals surface area contributed by atoms with E-state index in [1.807, 2.05) is 27.7 Å². The normalized spacial score (nSPS) is 13.0. The summed E-state index contributed by atoms with van der Waals surface area (Å²) in [5.74, 6) is 0. The molecule has 3 heteroatoms. The Balaban J connectivity index is 0.000000872. The third-order valence-electron chi connectivity index (χ3n) is 10.9. The molecule has 1 aliphatic carbocycles. The van der Waals surface area contributed by atoms with Gasteiger partial charge in [0.05, 0.1) is 32.8 Å². The Morgan fingerprint density at radius 3 is 1.52 bits per heavy atom. The molecule has 0 bridgehead atoms. The maximum atomic E-state index is 7.12. The van der Waals surface area contributed by atoms with Crippen molar-refractivity contribution in [3.63, 3.8) is 0 Å². The number of rotatable bonds is 2. The van der Waals surface area contributed by atoms with Crippen LogP contribution in [0.15, 0.2) is 150 Å². The second-order valence-corrected chi connectivity index (χ2v) is 13.7. The van der Waals surface area contributed by atoms with Crippen LogP contribution in [0.25, 0.3) is 88.1 Å². The van der Waals surface area contributed by atoms with E-state index in [1.54, 1.807) is 0 Å². The topological polar surface area (TPSA) is 23.0 Å². The van der Waals surface area contributed by atoms with Crippen LogP contribution in [0, 0.1) is 0 Å². The highest BCUT2D eigenvalue weighted by Gasteiger charge is 2.35. The number of nitrogens with zero attached hydrogens (tertiary/aromatic N) is 2. The summed E-state index contributed by atoms with van der Waals surface area (Å²) in [7, 11) is 0. The molecule has 3 nitrogen and oxygen atoms in total. The van der Waals surface area contributed by atoms with Crippen molar-refractivity contribution in [2.45, 2.75) is 47.0 Å². The smallest absolute Gasteiger partial charge is 0.145 e. The first-order chi connectivity index (χ1) is 25.6. The number of fused-ring (bicyclic) bond motifs is 14. The first kappa shape index (κ1) is 31.9. The first-order valence-corrected chi connectivity index (χ1v) is 18.7. The second-order valence-electron chi connectivity index (χ2n) is 13.7. The van der Waals surface area contributed by atoms with Gasteiger partial charge in [-0.2, -0.15) is 0 Å². The van der Waals surface area contributed by atoms with Gasteiger partial charge in [0.15, 0.2) is 0 Å². The van der Waals surface area contributed by atoms with Gasteiger partial charge in [0.1, 0.15) is 11.2 Å². The molecule has 0 aliphatic heterocycles. The fourth-order valence-corrected chi connectivity index (χ4v) is 8.76. The number of hydrogen-bond donors (Lipinski definition) is 0. The van der Waals surface area contributed by atoms with Crippen molar-refractivity contribution in [1.29, 1.82) is 0 Å². The van der Waals surface area contributed by atoms with Gasteiger partial charge in [0.2, 0.25) is 0 Å². The fourth-order valence-electron chi connectivity index (χ4n) is 8.76. The highest BCUT2D eigenvalue weighted by atomic mass is 16.3. The molecule has 0 saturated heterocycles. The SMILES string of the molecule is CC.CC.CC1(C)c2ccccc2-c2ccc(-n3c4ccccc4c4c5oc6c(ccc7c6c6ccccc6n7-c6ccccc6)c5ccc43)cc21. The van der Waals surface area contributed by atoms with Crippen LogP contribution in [0.4, 0.5) is 0 Å². The van der Waals surface area contributed by atoms with Crippen LogP contribution in [-0.2, 0) is 5.41 Å². The highest BCUT2D eigenvalue weighted by molar-refractivity contribution is 6.29. The lowest BCUT2D eigenvalue weighted by Gasteiger charge is -2.22. The Morgan fingerprint density at radius 1 is 0.404 bits per heavy atom. The minimum absolute atomic E-state index is 0.0724. The van der Waals surface area contributed by atoms with Crippen molar-refractivity contribution in [1.82, 2.24) is 9.13 Å². The molecule has 0 spiro atoms. The van der Waals surface area contributed by atoms with E-state index in [4.69, 9.17) is 4.42 Å². The average Bonchev–Trinajstić information content (AvgIpc) is 3.92. The van der Waals surface area contributed by atoms with E-state index in [2.05, 4.69) is 169 Å². The van der Waals surface area contributed by atoms with Gasteiger partial charge in [-0.25, -0.2) is 0 Å². The molecule has 3 aromatic heterocycles. The lowest BCUT2D eigenvalue weighted by atomic mass is 9.82. The molecule has 0 saturated carbocycles. The van der Waals surface area contributed by atoms with Gasteiger partial charge in [-0.3, -0.25) is 0 Å². The van der Waals surface area contributed by atoms with Crippen LogP contribution in [-0.4, -0.2) is 9.13 Å². The van der Waals surface area contributed by atoms with Gasteiger partial charge in [-0.1, -0.05) is 126 Å². The van der Waals surface area contributed by atoms with Crippen LogP contribution in [0.1, 0.15) is 52.7 Å². The largest absolute Gasteiger partial charge is 0.455 e. The fraction of sp³-hybridized carbons (Fsp3) is 0.143. The van der Waals surface area contributed by atoms with Crippen molar-refractivity contribution in [2.24, 2.45) is 0 Å². The van der Waals surface area contributed by atoms with E-state index in [9.17, 15) is 0 Å². The number of hydrogen-bond acceptors (Lipinski definition) is 1. The third-order valence-corrected chi connectivity index (χ3v) is 10.9. The van der Waals surface area contributed by atoms with Crippen LogP contribution in [0.3, 0.4) is 0 Å². The van der Waals surface area contributed by atoms with E-state index in [1.165, 1.54) is 49.7 Å². The van der Waals surface area contributed by atoms with Crippen LogP contribution in [0.5, 0.6) is 0 Å². The Labute approximate surface area is 304 Å². The van der Waals surface area contributed by atoms with Gasteiger partial charge in [0.25, 0.3) is 0 Å². The number of para-hydroxylation sites is 3. The van der Waals surface area contributed by atoms with Crippen molar-refractivity contribution in [3.05, 3.63) is 157 Å². The predicted molar refractivity (Wildman–Crippen MR) is 223 cm³/mol. The molecule has 0 fully saturated rings. The molecule has 0 atom stereocenters. The van der Waals surface area contributed by atoms with Crippen molar-refractivity contribution in [3.8, 4) is 22.5 Å². The summed E-state index contributed by atoms with van der Waals surface area (Å²) in [6.45, 7) is 12.7. The lowest BCUT2D eigenvalue weighted by Crippen LogP contribution is -2.15. The zero-order valence-electron chi connectivity index (χ0n) is 30.7. The van der Waals surface area contributed by atoms with Gasteiger partial charge >= 0.3 is 0 Å². The summed E-state index contributed by atoms with van der Waals surface area (Å²) in [5, 5.41) is 6.99. The van der Waals surface area contributed by atoms with Crippen LogP contribution >= 0.6 is 0 Å². The minimum atomic E-state index is -0.0724. The lowest BCUT2D eigenvalue weighted by molar-refractivity contribution is 0.660. The van der Waals surface area contributed by atoms with E-state index in [-0.39, 0.29) is 5.41 Å². The van der Waals surface area contributed by atoms with Gasteiger partial charge in [0, 0.05) is 38.3 Å². The van der Waals surface area contributed by atoms with Gasteiger partial charge in [-0.05, 0) is 82.9 Å². The number of furan rings is 1. The van der Waals surface area contributed by atoms with Crippen molar-refractivity contribution < 1.29 is 4.42 Å². The summed E-state index contributed by atoms with van der Waals surface area (Å²) < 4.78 is 11.9. The minimum Gasteiger partial charge on any atom is -0.455 e. The standard InChI is InChI=1S/C45H30N2O.2C2H6/c1-45(2)35-17-9-6-14-29(35)30-21-20-28(26-36(30)45)47-38-19-11-8-16-34(38)42-40(47)25-23-32-31-22-24-39-41(43(31)48-44(32)42)33-15-7-10-18-37(33)46(39)27-12-4-3-5-13-27;2*1-2/h3-26H,1-2H3;2*1-2H3. The van der Waals surface area contributed by atoms with E-state index in [0.29, 0.717) is 0 Å². The van der Waals surface area contributed by atoms with Crippen LogP contribution < -0.4 is 0 Å². The Hall–Kier alpha value is -6.06. The molecule has 7 aromatic carbocycles. The maximum Gasteiger partial charge on any atom is 0.145 e. The Bertz CT molecular complexity index is 2970. The average molecular weight is 675 g/mol. The van der Waals surface area contributed by atoms with Gasteiger partial charge in [-0.15, -0.1) is 0 Å². The van der Waals surface area contributed by atoms with Gasteiger partial charge < -0.3 is 13.6 Å². The molecular formula is C49H42N2O. The van der Waals surface area contributed by atoms with E-state index < -0.39 is 0 Å². The molecule has 10 aromatic rings. The molecule has 52 heavy (non-hydrogen) atoms. The van der Waals surface area contributed by atoms with Crippen LogP contribution in [0.2, 0.25) is 0 Å². The summed E-state index contributed by atoms with van der Waals surface area (Å²) >= 11 is 0. The summed E-state index contributed by atoms with van der Waals surface area (Å²) in [6, 6.07) is 53.0. The summed E-state index contributed by atoms with van der Waals surface area (Å²) in [5.41, 5.74) is 14.2. The number of aromatic nitrogens is 2. The molecule has 0 radical (unpaired) electrons.